The summed E-state index contributed by atoms with van der Waals surface area (Å²) in [5.74, 6) is -0.152. The van der Waals surface area contributed by atoms with Crippen LogP contribution < -0.4 is 20.7 Å². The smallest absolute Gasteiger partial charge is 0.258 e. The zero-order valence-corrected chi connectivity index (χ0v) is 18.9. The van der Waals surface area contributed by atoms with E-state index in [1.165, 1.54) is 7.11 Å². The van der Waals surface area contributed by atoms with Gasteiger partial charge in [0.25, 0.3) is 5.91 Å². The first-order chi connectivity index (χ1) is 14.8. The van der Waals surface area contributed by atoms with E-state index in [9.17, 15) is 9.59 Å². The molecule has 3 N–H and O–H groups in total. The van der Waals surface area contributed by atoms with Gasteiger partial charge in [-0.05, 0) is 41.9 Å². The molecule has 31 heavy (non-hydrogen) atoms. The molecule has 0 saturated carbocycles. The summed E-state index contributed by atoms with van der Waals surface area (Å²) in [6.45, 7) is 3.62. The topological polar surface area (TPSA) is 79.5 Å². The fourth-order valence-corrected chi connectivity index (χ4v) is 3.40. The minimum absolute atomic E-state index is 0.114. The Kier molecular flexibility index (Phi) is 7.09. The van der Waals surface area contributed by atoms with Crippen LogP contribution in [0.2, 0.25) is 5.02 Å². The van der Waals surface area contributed by atoms with Crippen molar-refractivity contribution >= 4 is 62.9 Å². The molecular formula is C23H22ClN3O3S. The van der Waals surface area contributed by atoms with E-state index in [-0.39, 0.29) is 22.8 Å². The number of anilines is 2. The Hall–Kier alpha value is -3.16. The van der Waals surface area contributed by atoms with E-state index in [2.05, 4.69) is 16.0 Å². The molecule has 0 aliphatic rings. The van der Waals surface area contributed by atoms with Crippen molar-refractivity contribution in [2.45, 2.75) is 13.8 Å². The van der Waals surface area contributed by atoms with Crippen LogP contribution in [0.5, 0.6) is 5.75 Å². The standard InChI is InChI=1S/C23H22ClN3O3S/c1-13(2)21(28)26-19-11-10-14(12-20(19)30-3)25-23(31)27-22(29)17-8-4-7-16-15(17)6-5-9-18(16)24/h4-13H,1-3H3,(H,26,28)(H2,25,27,29,31). The van der Waals surface area contributed by atoms with Gasteiger partial charge in [0, 0.05) is 33.6 Å². The molecular weight excluding hydrogens is 434 g/mol. The van der Waals surface area contributed by atoms with Gasteiger partial charge in [0.2, 0.25) is 5.91 Å². The Morgan fingerprint density at radius 2 is 1.71 bits per heavy atom. The Morgan fingerprint density at radius 3 is 2.42 bits per heavy atom. The summed E-state index contributed by atoms with van der Waals surface area (Å²) in [6.07, 6.45) is 0. The number of ether oxygens (including phenoxy) is 1. The van der Waals surface area contributed by atoms with Crippen molar-refractivity contribution in [2.75, 3.05) is 17.7 Å². The minimum Gasteiger partial charge on any atom is -0.494 e. The van der Waals surface area contributed by atoms with Crippen molar-refractivity contribution in [3.05, 3.63) is 65.2 Å². The molecule has 8 heteroatoms. The van der Waals surface area contributed by atoms with Gasteiger partial charge in [-0.3, -0.25) is 14.9 Å². The lowest BCUT2D eigenvalue weighted by molar-refractivity contribution is -0.118. The molecule has 0 fully saturated rings. The molecule has 3 aromatic carbocycles. The van der Waals surface area contributed by atoms with Gasteiger partial charge in [0.15, 0.2) is 5.11 Å². The first-order valence-electron chi connectivity index (χ1n) is 9.58. The highest BCUT2D eigenvalue weighted by atomic mass is 35.5. The van der Waals surface area contributed by atoms with Crippen molar-refractivity contribution in [2.24, 2.45) is 5.92 Å². The highest BCUT2D eigenvalue weighted by Gasteiger charge is 2.14. The van der Waals surface area contributed by atoms with Crippen LogP contribution in [0.1, 0.15) is 24.2 Å². The van der Waals surface area contributed by atoms with Crippen LogP contribution >= 0.6 is 23.8 Å². The first kappa shape index (κ1) is 22.5. The average molecular weight is 456 g/mol. The maximum Gasteiger partial charge on any atom is 0.258 e. The van der Waals surface area contributed by atoms with Crippen molar-refractivity contribution in [1.29, 1.82) is 0 Å². The molecule has 0 aliphatic heterocycles. The van der Waals surface area contributed by atoms with Crippen LogP contribution in [0.3, 0.4) is 0 Å². The predicted molar refractivity (Wildman–Crippen MR) is 129 cm³/mol. The molecule has 0 heterocycles. The third-order valence-electron chi connectivity index (χ3n) is 4.58. The lowest BCUT2D eigenvalue weighted by atomic mass is 10.0. The van der Waals surface area contributed by atoms with Crippen LogP contribution in [0, 0.1) is 5.92 Å². The summed E-state index contributed by atoms with van der Waals surface area (Å²) in [5, 5.41) is 10.7. The van der Waals surface area contributed by atoms with Crippen LogP contribution in [-0.2, 0) is 4.79 Å². The molecule has 0 aromatic heterocycles. The molecule has 0 atom stereocenters. The number of halogens is 1. The van der Waals surface area contributed by atoms with Crippen LogP contribution in [-0.4, -0.2) is 24.0 Å². The zero-order chi connectivity index (χ0) is 22.5. The maximum atomic E-state index is 12.8. The van der Waals surface area contributed by atoms with Gasteiger partial charge in [-0.2, -0.15) is 0 Å². The average Bonchev–Trinajstić information content (AvgIpc) is 2.74. The Balaban J connectivity index is 1.73. The lowest BCUT2D eigenvalue weighted by Crippen LogP contribution is -2.34. The van der Waals surface area contributed by atoms with Gasteiger partial charge >= 0.3 is 0 Å². The normalized spacial score (nSPS) is 10.6. The number of fused-ring (bicyclic) bond motifs is 1. The number of nitrogens with one attached hydrogen (secondary N) is 3. The first-order valence-corrected chi connectivity index (χ1v) is 10.4. The number of benzene rings is 3. The molecule has 0 aliphatic carbocycles. The number of hydrogen-bond donors (Lipinski definition) is 3. The molecule has 3 aromatic rings. The second kappa shape index (κ2) is 9.76. The summed E-state index contributed by atoms with van der Waals surface area (Å²) >= 11 is 11.5. The summed E-state index contributed by atoms with van der Waals surface area (Å²) < 4.78 is 5.36. The van der Waals surface area contributed by atoms with Gasteiger partial charge in [-0.1, -0.05) is 49.7 Å². The molecule has 0 unspecified atom stereocenters. The fraction of sp³-hybridized carbons (Fsp3) is 0.174. The molecule has 6 nitrogen and oxygen atoms in total. The fourth-order valence-electron chi connectivity index (χ4n) is 2.95. The molecule has 0 spiro atoms. The summed E-state index contributed by atoms with van der Waals surface area (Å²) in [6, 6.07) is 15.9. The third kappa shape index (κ3) is 5.31. The molecule has 0 radical (unpaired) electrons. The number of amides is 2. The number of hydrogen-bond acceptors (Lipinski definition) is 4. The van der Waals surface area contributed by atoms with E-state index >= 15 is 0 Å². The number of carbonyl (C=O) groups excluding carboxylic acids is 2. The number of carbonyl (C=O) groups is 2. The van der Waals surface area contributed by atoms with E-state index in [0.29, 0.717) is 27.7 Å². The van der Waals surface area contributed by atoms with Crippen LogP contribution in [0.25, 0.3) is 10.8 Å². The van der Waals surface area contributed by atoms with E-state index in [4.69, 9.17) is 28.6 Å². The number of thiocarbonyl (C=S) groups is 1. The van der Waals surface area contributed by atoms with Crippen LogP contribution in [0.4, 0.5) is 11.4 Å². The summed E-state index contributed by atoms with van der Waals surface area (Å²) in [7, 11) is 1.51. The number of methoxy groups -OCH3 is 1. The minimum atomic E-state index is -0.349. The molecule has 2 amide bonds. The number of rotatable bonds is 5. The van der Waals surface area contributed by atoms with Crippen molar-refractivity contribution in [1.82, 2.24) is 5.32 Å². The van der Waals surface area contributed by atoms with Crippen LogP contribution in [0.15, 0.2) is 54.6 Å². The Morgan fingerprint density at radius 1 is 1.00 bits per heavy atom. The second-order valence-electron chi connectivity index (χ2n) is 7.11. The largest absolute Gasteiger partial charge is 0.494 e. The third-order valence-corrected chi connectivity index (χ3v) is 5.12. The molecule has 160 valence electrons. The maximum absolute atomic E-state index is 12.8. The Bertz CT molecular complexity index is 1160. The SMILES string of the molecule is COc1cc(NC(=S)NC(=O)c2cccc3c(Cl)cccc23)ccc1NC(=O)C(C)C. The Labute approximate surface area is 190 Å². The van der Waals surface area contributed by atoms with Crippen molar-refractivity contribution in [3.8, 4) is 5.75 Å². The van der Waals surface area contributed by atoms with Gasteiger partial charge in [-0.15, -0.1) is 0 Å². The molecule has 3 rings (SSSR count). The summed E-state index contributed by atoms with van der Waals surface area (Å²) in [4.78, 5) is 24.7. The predicted octanol–water partition coefficient (Wildman–Crippen LogP) is 5.22. The van der Waals surface area contributed by atoms with E-state index < -0.39 is 0 Å². The summed E-state index contributed by atoms with van der Waals surface area (Å²) in [5.41, 5.74) is 1.62. The molecule has 0 bridgehead atoms. The highest BCUT2D eigenvalue weighted by molar-refractivity contribution is 7.80. The molecule has 0 saturated heterocycles. The van der Waals surface area contributed by atoms with E-state index in [0.717, 1.165) is 10.8 Å². The second-order valence-corrected chi connectivity index (χ2v) is 7.92. The van der Waals surface area contributed by atoms with Crippen molar-refractivity contribution in [3.63, 3.8) is 0 Å². The van der Waals surface area contributed by atoms with Gasteiger partial charge in [0.1, 0.15) is 5.75 Å². The lowest BCUT2D eigenvalue weighted by Gasteiger charge is -2.15. The quantitative estimate of drug-likeness (QED) is 0.459. The van der Waals surface area contributed by atoms with Gasteiger partial charge < -0.3 is 15.4 Å². The van der Waals surface area contributed by atoms with E-state index in [1.54, 1.807) is 42.5 Å². The van der Waals surface area contributed by atoms with Gasteiger partial charge in [0.05, 0.1) is 12.8 Å². The monoisotopic (exact) mass is 455 g/mol. The van der Waals surface area contributed by atoms with Crippen molar-refractivity contribution < 1.29 is 14.3 Å². The van der Waals surface area contributed by atoms with E-state index in [1.807, 2.05) is 26.0 Å². The van der Waals surface area contributed by atoms with Gasteiger partial charge in [-0.25, -0.2) is 0 Å². The zero-order valence-electron chi connectivity index (χ0n) is 17.3. The highest BCUT2D eigenvalue weighted by Crippen LogP contribution is 2.29.